The van der Waals surface area contributed by atoms with Crippen LogP contribution in [0.25, 0.3) is 5.52 Å². The van der Waals surface area contributed by atoms with Gasteiger partial charge in [-0.1, -0.05) is 6.07 Å². The van der Waals surface area contributed by atoms with Gasteiger partial charge in [-0.2, -0.15) is 5.10 Å². The Bertz CT molecular complexity index is 554. The first-order chi connectivity index (χ1) is 7.74. The van der Waals surface area contributed by atoms with Gasteiger partial charge in [0.15, 0.2) is 0 Å². The zero-order chi connectivity index (χ0) is 11.5. The molecular weight excluding hydrogens is 202 g/mol. The molecule has 0 fully saturated rings. The van der Waals surface area contributed by atoms with E-state index in [1.54, 1.807) is 13.1 Å². The van der Waals surface area contributed by atoms with Gasteiger partial charge in [-0.05, 0) is 37.6 Å². The van der Waals surface area contributed by atoms with Crippen LogP contribution < -0.4 is 5.43 Å². The summed E-state index contributed by atoms with van der Waals surface area (Å²) in [4.78, 5) is 11.9. The van der Waals surface area contributed by atoms with E-state index in [9.17, 15) is 4.79 Å². The summed E-state index contributed by atoms with van der Waals surface area (Å²) in [6, 6.07) is 7.78. The molecule has 1 amide bonds. The second kappa shape index (κ2) is 4.18. The molecule has 1 N–H and O–H groups in total. The molecule has 4 nitrogen and oxygen atoms in total. The summed E-state index contributed by atoms with van der Waals surface area (Å²) in [5.41, 5.74) is 5.05. The summed E-state index contributed by atoms with van der Waals surface area (Å²) < 4.78 is 1.86. The number of rotatable bonds is 2. The molecule has 16 heavy (non-hydrogen) atoms. The van der Waals surface area contributed by atoms with Gasteiger partial charge in [-0.15, -0.1) is 0 Å². The Hall–Kier alpha value is -2.10. The minimum absolute atomic E-state index is 0.193. The summed E-state index contributed by atoms with van der Waals surface area (Å²) in [6.07, 6.45) is 3.41. The van der Waals surface area contributed by atoms with Gasteiger partial charge in [0, 0.05) is 17.9 Å². The first-order valence-electron chi connectivity index (χ1n) is 5.08. The minimum atomic E-state index is -0.193. The lowest BCUT2D eigenvalue weighted by Crippen LogP contribution is -2.20. The highest BCUT2D eigenvalue weighted by Crippen LogP contribution is 2.15. The third kappa shape index (κ3) is 1.69. The maximum Gasteiger partial charge on any atom is 0.288 e. The lowest BCUT2D eigenvalue weighted by Gasteiger charge is -2.02. The lowest BCUT2D eigenvalue weighted by atomic mass is 10.2. The second-order valence-electron chi connectivity index (χ2n) is 3.50. The zero-order valence-corrected chi connectivity index (χ0v) is 9.27. The van der Waals surface area contributed by atoms with E-state index in [0.29, 0.717) is 5.69 Å². The third-order valence-corrected chi connectivity index (χ3v) is 2.38. The molecule has 2 heterocycles. The van der Waals surface area contributed by atoms with E-state index in [2.05, 4.69) is 10.5 Å². The van der Waals surface area contributed by atoms with Crippen LogP contribution in [0.5, 0.6) is 0 Å². The molecule has 2 rings (SSSR count). The fourth-order valence-electron chi connectivity index (χ4n) is 1.72. The van der Waals surface area contributed by atoms with E-state index < -0.39 is 0 Å². The van der Waals surface area contributed by atoms with Crippen LogP contribution in [0.4, 0.5) is 0 Å². The Kier molecular flexibility index (Phi) is 2.72. The normalized spacial score (nSPS) is 11.1. The molecule has 0 aromatic carbocycles. The molecule has 0 radical (unpaired) electrons. The Labute approximate surface area is 93.6 Å². The van der Waals surface area contributed by atoms with E-state index in [1.165, 1.54) is 0 Å². The van der Waals surface area contributed by atoms with Gasteiger partial charge < -0.3 is 4.40 Å². The molecule has 2 aromatic heterocycles. The van der Waals surface area contributed by atoms with Gasteiger partial charge in [0.2, 0.25) is 0 Å². The van der Waals surface area contributed by atoms with E-state index >= 15 is 0 Å². The number of nitrogens with one attached hydrogen (secondary N) is 1. The maximum atomic E-state index is 11.9. The number of fused-ring (bicyclic) bond motifs is 1. The number of aryl methyl sites for hydroxylation is 1. The first kappa shape index (κ1) is 10.4. The second-order valence-corrected chi connectivity index (χ2v) is 3.50. The number of pyridine rings is 1. The standard InChI is InChI=1S/C12H13N3O/c1-3-13-14-12(16)11-9(2)8-10-6-4-5-7-15(10)11/h3-8H,1-2H3,(H,14,16). The largest absolute Gasteiger partial charge is 0.312 e. The van der Waals surface area contributed by atoms with Crippen LogP contribution in [0.3, 0.4) is 0 Å². The molecule has 4 heteroatoms. The minimum Gasteiger partial charge on any atom is -0.312 e. The van der Waals surface area contributed by atoms with Crippen molar-refractivity contribution < 1.29 is 4.79 Å². The van der Waals surface area contributed by atoms with E-state index in [-0.39, 0.29) is 5.91 Å². The molecule has 0 aliphatic rings. The quantitative estimate of drug-likeness (QED) is 0.604. The molecule has 2 aromatic rings. The number of aromatic nitrogens is 1. The van der Waals surface area contributed by atoms with Crippen molar-refractivity contribution in [1.29, 1.82) is 0 Å². The number of carbonyl (C=O) groups is 1. The highest BCUT2D eigenvalue weighted by Gasteiger charge is 2.13. The van der Waals surface area contributed by atoms with E-state index in [1.807, 2.05) is 41.8 Å². The van der Waals surface area contributed by atoms with Gasteiger partial charge in [-0.25, -0.2) is 5.43 Å². The van der Waals surface area contributed by atoms with Crippen molar-refractivity contribution in [3.8, 4) is 0 Å². The number of hydrogen-bond acceptors (Lipinski definition) is 2. The Balaban J connectivity index is 2.50. The van der Waals surface area contributed by atoms with Gasteiger partial charge in [0.25, 0.3) is 5.91 Å². The predicted molar refractivity (Wildman–Crippen MR) is 63.8 cm³/mol. The molecule has 0 aliphatic heterocycles. The zero-order valence-electron chi connectivity index (χ0n) is 9.27. The summed E-state index contributed by atoms with van der Waals surface area (Å²) in [6.45, 7) is 3.67. The summed E-state index contributed by atoms with van der Waals surface area (Å²) in [7, 11) is 0. The summed E-state index contributed by atoms with van der Waals surface area (Å²) in [5.74, 6) is -0.193. The number of hydrogen-bond donors (Lipinski definition) is 1. The van der Waals surface area contributed by atoms with Crippen molar-refractivity contribution >= 4 is 17.6 Å². The van der Waals surface area contributed by atoms with Crippen LogP contribution in [0.2, 0.25) is 0 Å². The number of amides is 1. The van der Waals surface area contributed by atoms with E-state index in [4.69, 9.17) is 0 Å². The van der Waals surface area contributed by atoms with Crippen molar-refractivity contribution in [2.45, 2.75) is 13.8 Å². The van der Waals surface area contributed by atoms with Crippen LogP contribution in [-0.4, -0.2) is 16.5 Å². The molecule has 0 spiro atoms. The van der Waals surface area contributed by atoms with Crippen LogP contribution >= 0.6 is 0 Å². The number of carbonyl (C=O) groups excluding carboxylic acids is 1. The lowest BCUT2D eigenvalue weighted by molar-refractivity contribution is 0.0948. The van der Waals surface area contributed by atoms with Crippen LogP contribution in [0.15, 0.2) is 35.6 Å². The highest BCUT2D eigenvalue weighted by atomic mass is 16.2. The van der Waals surface area contributed by atoms with Gasteiger partial charge in [0.1, 0.15) is 5.69 Å². The molecule has 82 valence electrons. The molecule has 0 aliphatic carbocycles. The van der Waals surface area contributed by atoms with Gasteiger partial charge in [0.05, 0.1) is 0 Å². The van der Waals surface area contributed by atoms with Crippen molar-refractivity contribution in [1.82, 2.24) is 9.83 Å². The Morgan fingerprint density at radius 1 is 1.50 bits per heavy atom. The smallest absolute Gasteiger partial charge is 0.288 e. The van der Waals surface area contributed by atoms with Crippen molar-refractivity contribution in [2.75, 3.05) is 0 Å². The average molecular weight is 215 g/mol. The SMILES string of the molecule is CC=NNC(=O)c1c(C)cc2ccccn12. The number of hydrazone groups is 1. The predicted octanol–water partition coefficient (Wildman–Crippen LogP) is 1.98. The fraction of sp³-hybridized carbons (Fsp3) is 0.167. The molecule has 0 unspecified atom stereocenters. The fourth-order valence-corrected chi connectivity index (χ4v) is 1.72. The molecule has 0 saturated heterocycles. The Morgan fingerprint density at radius 2 is 2.31 bits per heavy atom. The van der Waals surface area contributed by atoms with Crippen LogP contribution in [0, 0.1) is 6.92 Å². The average Bonchev–Trinajstić information content (AvgIpc) is 2.62. The molecule has 0 bridgehead atoms. The topological polar surface area (TPSA) is 45.9 Å². The number of nitrogens with zero attached hydrogens (tertiary/aromatic N) is 2. The highest BCUT2D eigenvalue weighted by molar-refractivity contribution is 5.95. The summed E-state index contributed by atoms with van der Waals surface area (Å²) >= 11 is 0. The van der Waals surface area contributed by atoms with Gasteiger partial charge >= 0.3 is 0 Å². The monoisotopic (exact) mass is 215 g/mol. The van der Waals surface area contributed by atoms with Crippen LogP contribution in [0.1, 0.15) is 23.0 Å². The van der Waals surface area contributed by atoms with Crippen molar-refractivity contribution in [3.63, 3.8) is 0 Å². The maximum absolute atomic E-state index is 11.9. The van der Waals surface area contributed by atoms with Crippen LogP contribution in [-0.2, 0) is 0 Å². The molecular formula is C12H13N3O. The molecule has 0 atom stereocenters. The van der Waals surface area contributed by atoms with Crippen molar-refractivity contribution in [2.24, 2.45) is 5.10 Å². The summed E-state index contributed by atoms with van der Waals surface area (Å²) in [5, 5.41) is 3.74. The molecule has 0 saturated carbocycles. The van der Waals surface area contributed by atoms with E-state index in [0.717, 1.165) is 11.1 Å². The van der Waals surface area contributed by atoms with Crippen molar-refractivity contribution in [3.05, 3.63) is 41.7 Å². The Morgan fingerprint density at radius 3 is 3.06 bits per heavy atom. The first-order valence-corrected chi connectivity index (χ1v) is 5.08. The third-order valence-electron chi connectivity index (χ3n) is 2.38. The van der Waals surface area contributed by atoms with Gasteiger partial charge in [-0.3, -0.25) is 4.79 Å².